The van der Waals surface area contributed by atoms with Gasteiger partial charge in [-0.25, -0.2) is 4.79 Å². The zero-order valence-corrected chi connectivity index (χ0v) is 16.6. The third kappa shape index (κ3) is 7.84. The maximum Gasteiger partial charge on any atom is 0.696 e. The molecule has 0 spiro atoms. The summed E-state index contributed by atoms with van der Waals surface area (Å²) in [7, 11) is -2.82. The predicted octanol–water partition coefficient (Wildman–Crippen LogP) is 2.92. The molecule has 8 nitrogen and oxygen atoms in total. The molecule has 0 bridgehead atoms. The number of carbonyl (C=O) groups excluding carboxylic acids is 2. The molecule has 2 atom stereocenters. The number of urea groups is 1. The van der Waals surface area contributed by atoms with Crippen molar-refractivity contribution >= 4 is 41.8 Å². The highest BCUT2D eigenvalue weighted by atomic mass is 79.9. The monoisotopic (exact) mass is 454 g/mol. The fraction of sp³-hybridized carbons (Fsp3) is 0.176. The van der Waals surface area contributed by atoms with Crippen LogP contribution in [0.25, 0.3) is 0 Å². The van der Waals surface area contributed by atoms with Gasteiger partial charge in [0, 0.05) is 21.1 Å². The lowest BCUT2D eigenvalue weighted by molar-refractivity contribution is -0.123. The van der Waals surface area contributed by atoms with Crippen molar-refractivity contribution in [1.82, 2.24) is 10.6 Å². The van der Waals surface area contributed by atoms with Gasteiger partial charge in [0.15, 0.2) is 6.73 Å². The fourth-order valence-corrected chi connectivity index (χ4v) is 2.64. The molecule has 2 aromatic carbocycles. The first kappa shape index (κ1) is 21.0. The highest BCUT2D eigenvalue weighted by Gasteiger charge is 2.22. The molecule has 0 aliphatic heterocycles. The lowest BCUT2D eigenvalue weighted by Gasteiger charge is -2.18. The van der Waals surface area contributed by atoms with Crippen LogP contribution in [0.1, 0.15) is 5.56 Å². The fourth-order valence-electron chi connectivity index (χ4n) is 2.20. The van der Waals surface area contributed by atoms with E-state index >= 15 is 0 Å². The van der Waals surface area contributed by atoms with Crippen molar-refractivity contribution in [2.45, 2.75) is 12.5 Å². The van der Waals surface area contributed by atoms with E-state index in [4.69, 9.17) is 4.89 Å². The molecule has 0 saturated carbocycles. The maximum absolute atomic E-state index is 12.3. The van der Waals surface area contributed by atoms with E-state index in [1.165, 1.54) is 0 Å². The average molecular weight is 455 g/mol. The van der Waals surface area contributed by atoms with Crippen molar-refractivity contribution in [3.63, 3.8) is 0 Å². The molecule has 0 heterocycles. The average Bonchev–Trinajstić information content (AvgIpc) is 2.63. The summed E-state index contributed by atoms with van der Waals surface area (Å²) >= 11 is 3.31. The van der Waals surface area contributed by atoms with Crippen LogP contribution >= 0.6 is 24.2 Å². The van der Waals surface area contributed by atoms with E-state index in [1.807, 2.05) is 30.3 Å². The van der Waals surface area contributed by atoms with Gasteiger partial charge >= 0.3 is 14.3 Å². The van der Waals surface area contributed by atoms with Gasteiger partial charge in [0.2, 0.25) is 5.91 Å². The number of carbonyl (C=O) groups is 2. The Kier molecular flexibility index (Phi) is 8.35. The second-order valence-electron chi connectivity index (χ2n) is 5.40. The highest BCUT2D eigenvalue weighted by molar-refractivity contribution is 9.10. The Morgan fingerprint density at radius 3 is 2.41 bits per heavy atom. The minimum atomic E-state index is -2.82. The molecular weight excluding hydrogens is 437 g/mol. The van der Waals surface area contributed by atoms with Crippen LogP contribution < -0.4 is 16.0 Å². The smallest absolute Gasteiger partial charge is 0.327 e. The standard InChI is InChI=1S/C17H17BrN3O5P/c18-13-6-8-14(9-7-13)20-17(23)21-15(10-12-4-2-1-3-5-12)16(22)19-11-26-27(24)25/h1-9,15H,10-11H2,(H3-,19,20,21,22,23,24,25)/p+1/t15-/m0/s1. The Labute approximate surface area is 165 Å². The molecule has 0 aliphatic carbocycles. The zero-order chi connectivity index (χ0) is 19.6. The second-order valence-corrected chi connectivity index (χ2v) is 7.05. The van der Waals surface area contributed by atoms with Crippen LogP contribution in [0.5, 0.6) is 0 Å². The van der Waals surface area contributed by atoms with Gasteiger partial charge in [0.05, 0.1) is 0 Å². The number of rotatable bonds is 8. The Balaban J connectivity index is 2.01. The van der Waals surface area contributed by atoms with Crippen molar-refractivity contribution in [3.05, 3.63) is 64.6 Å². The molecule has 0 saturated heterocycles. The molecule has 27 heavy (non-hydrogen) atoms. The number of amides is 3. The minimum Gasteiger partial charge on any atom is -0.327 e. The summed E-state index contributed by atoms with van der Waals surface area (Å²) < 4.78 is 15.8. The molecule has 2 aromatic rings. The van der Waals surface area contributed by atoms with Crippen molar-refractivity contribution in [1.29, 1.82) is 0 Å². The molecular formula is C17H18BrN3O5P+. The van der Waals surface area contributed by atoms with Gasteiger partial charge in [-0.1, -0.05) is 50.8 Å². The van der Waals surface area contributed by atoms with Gasteiger partial charge in [-0.05, 0) is 29.8 Å². The summed E-state index contributed by atoms with van der Waals surface area (Å²) in [5, 5.41) is 7.60. The Hall–Kier alpha value is -2.32. The molecule has 3 amide bonds. The van der Waals surface area contributed by atoms with Gasteiger partial charge in [0.1, 0.15) is 6.04 Å². The van der Waals surface area contributed by atoms with E-state index in [-0.39, 0.29) is 6.42 Å². The lowest BCUT2D eigenvalue weighted by atomic mass is 10.1. The first-order valence-corrected chi connectivity index (χ1v) is 9.80. The number of anilines is 1. The van der Waals surface area contributed by atoms with Crippen LogP contribution in [0, 0.1) is 0 Å². The quantitative estimate of drug-likeness (QED) is 0.361. The summed E-state index contributed by atoms with van der Waals surface area (Å²) in [6.45, 7) is -0.439. The number of benzene rings is 2. The van der Waals surface area contributed by atoms with Crippen LogP contribution in [-0.2, 0) is 20.3 Å². The Morgan fingerprint density at radius 2 is 1.78 bits per heavy atom. The van der Waals surface area contributed by atoms with E-state index in [1.54, 1.807) is 24.3 Å². The SMILES string of the molecule is O=C(Nc1ccc(Br)cc1)N[C@@H](Cc1ccccc1)C(=O)NCO[P+](=O)O. The summed E-state index contributed by atoms with van der Waals surface area (Å²) in [4.78, 5) is 33.2. The predicted molar refractivity (Wildman–Crippen MR) is 104 cm³/mol. The summed E-state index contributed by atoms with van der Waals surface area (Å²) in [6, 6.07) is 14.7. The summed E-state index contributed by atoms with van der Waals surface area (Å²) in [6.07, 6.45) is 0.242. The van der Waals surface area contributed by atoms with E-state index in [0.29, 0.717) is 5.69 Å². The minimum absolute atomic E-state index is 0.242. The topological polar surface area (TPSA) is 117 Å². The highest BCUT2D eigenvalue weighted by Crippen LogP contribution is 2.14. The molecule has 10 heteroatoms. The number of nitrogens with one attached hydrogen (secondary N) is 3. The first-order valence-electron chi connectivity index (χ1n) is 7.88. The van der Waals surface area contributed by atoms with Crippen molar-refractivity contribution in [2.75, 3.05) is 12.0 Å². The molecule has 2 rings (SSSR count). The van der Waals surface area contributed by atoms with Crippen LogP contribution in [0.2, 0.25) is 0 Å². The molecule has 0 radical (unpaired) electrons. The Morgan fingerprint density at radius 1 is 1.11 bits per heavy atom. The van der Waals surface area contributed by atoms with Crippen LogP contribution in [0.4, 0.5) is 10.5 Å². The number of halogens is 1. The number of hydrogen-bond donors (Lipinski definition) is 4. The van der Waals surface area contributed by atoms with Crippen molar-refractivity contribution < 1.29 is 23.6 Å². The largest absolute Gasteiger partial charge is 0.696 e. The first-order chi connectivity index (χ1) is 12.9. The third-order valence-corrected chi connectivity index (χ3v) is 4.31. The molecule has 142 valence electrons. The van der Waals surface area contributed by atoms with Crippen molar-refractivity contribution in [3.8, 4) is 0 Å². The van der Waals surface area contributed by atoms with Crippen LogP contribution in [0.15, 0.2) is 59.1 Å². The van der Waals surface area contributed by atoms with E-state index in [0.717, 1.165) is 10.0 Å². The van der Waals surface area contributed by atoms with Gasteiger partial charge in [-0.3, -0.25) is 4.79 Å². The van der Waals surface area contributed by atoms with Gasteiger partial charge in [-0.2, -0.15) is 0 Å². The zero-order valence-electron chi connectivity index (χ0n) is 14.1. The lowest BCUT2D eigenvalue weighted by Crippen LogP contribution is -2.49. The van der Waals surface area contributed by atoms with E-state index < -0.39 is 33.0 Å². The van der Waals surface area contributed by atoms with E-state index in [9.17, 15) is 14.2 Å². The Bertz CT molecular complexity index is 789. The van der Waals surface area contributed by atoms with Gasteiger partial charge < -0.3 is 16.0 Å². The van der Waals surface area contributed by atoms with Crippen LogP contribution in [0.3, 0.4) is 0 Å². The molecule has 1 unspecified atom stereocenters. The molecule has 4 N–H and O–H groups in total. The number of hydrogen-bond acceptors (Lipinski definition) is 4. The van der Waals surface area contributed by atoms with E-state index in [2.05, 4.69) is 36.4 Å². The van der Waals surface area contributed by atoms with Gasteiger partial charge in [-0.15, -0.1) is 4.89 Å². The molecule has 0 aliphatic rings. The summed E-state index contributed by atoms with van der Waals surface area (Å²) in [5.74, 6) is -0.540. The van der Waals surface area contributed by atoms with Crippen molar-refractivity contribution in [2.24, 2.45) is 0 Å². The molecule has 0 aromatic heterocycles. The third-order valence-electron chi connectivity index (χ3n) is 3.43. The second kappa shape index (κ2) is 10.7. The van der Waals surface area contributed by atoms with Crippen LogP contribution in [-0.4, -0.2) is 29.6 Å². The normalized spacial score (nSPS) is 12.0. The summed E-state index contributed by atoms with van der Waals surface area (Å²) in [5.41, 5.74) is 1.41. The maximum atomic E-state index is 12.3. The van der Waals surface area contributed by atoms with Gasteiger partial charge in [0.25, 0.3) is 0 Å². The molecule has 0 fully saturated rings.